The number of carboxylic acids is 1. The van der Waals surface area contributed by atoms with Crippen molar-refractivity contribution in [2.75, 3.05) is 7.05 Å². The molecule has 0 unspecified atom stereocenters. The van der Waals surface area contributed by atoms with Crippen molar-refractivity contribution in [3.63, 3.8) is 0 Å². The van der Waals surface area contributed by atoms with Gasteiger partial charge in [0, 0.05) is 37.8 Å². The molecule has 0 bridgehead atoms. The van der Waals surface area contributed by atoms with Crippen LogP contribution in [0.3, 0.4) is 0 Å². The van der Waals surface area contributed by atoms with Gasteiger partial charge in [-0.15, -0.1) is 0 Å². The Morgan fingerprint density at radius 2 is 1.61 bits per heavy atom. The number of aromatic nitrogens is 1. The number of hydrogen-bond donors (Lipinski definition) is 1. The Kier molecular flexibility index (Phi) is 9.27. The lowest BCUT2D eigenvalue weighted by Gasteiger charge is -2.72. The predicted octanol–water partition coefficient (Wildman–Crippen LogP) is 8.43. The number of carbonyl (C=O) groups is 4. The second-order valence-corrected chi connectivity index (χ2v) is 19.5. The van der Waals surface area contributed by atoms with Gasteiger partial charge in [-0.1, -0.05) is 48.5 Å². The molecule has 4 saturated carbocycles. The first-order valence-corrected chi connectivity index (χ1v) is 19.5. The number of nitrogens with zero attached hydrogens (tertiary/aromatic N) is 2. The summed E-state index contributed by atoms with van der Waals surface area (Å²) in [6.07, 6.45) is 10.9. The number of pyridine rings is 1. The molecule has 1 aromatic rings. The highest BCUT2D eigenvalue weighted by Gasteiger charge is 2.71. The molecular formula is C43H62N2O6. The molecule has 5 aliphatic carbocycles. The van der Waals surface area contributed by atoms with Crippen molar-refractivity contribution in [2.24, 2.45) is 56.2 Å². The van der Waals surface area contributed by atoms with E-state index in [1.54, 1.807) is 26.2 Å². The fraction of sp³-hybridized carbons (Fsp3) is 0.744. The van der Waals surface area contributed by atoms with Crippen LogP contribution in [0, 0.1) is 56.2 Å². The monoisotopic (exact) mass is 702 g/mol. The summed E-state index contributed by atoms with van der Waals surface area (Å²) in [5.41, 5.74) is 0.938. The summed E-state index contributed by atoms with van der Waals surface area (Å²) in [6.45, 7) is 20.0. The first kappa shape index (κ1) is 37.7. The summed E-state index contributed by atoms with van der Waals surface area (Å²) in [5, 5.41) is 9.60. The van der Waals surface area contributed by atoms with Crippen molar-refractivity contribution in [3.8, 4) is 0 Å². The largest absolute Gasteiger partial charge is 0.481 e. The number of hydrogen-bond acceptors (Lipinski definition) is 6. The van der Waals surface area contributed by atoms with Crippen molar-refractivity contribution in [2.45, 2.75) is 139 Å². The standard InChI is InChI=1S/C43H62N2O6/c1-26(2)34-29(46)23-43(36(48)45(10)25-27-15-21-44-22-16-27)20-19-41(8)28(35(34)43)11-12-31-40(7)17-14-32(51-33(47)24-38(3,4)37(49)50)39(5,6)30(40)13-18-42(31,41)9/h15-16,21-22,26,28,30-32H,11-14,17-20,23-25H2,1-10H3,(H,49,50)/t28-,30+,31-,32+,40+,41-,42-,43-/m1/s1. The van der Waals surface area contributed by atoms with Crippen LogP contribution in [0.2, 0.25) is 0 Å². The maximum atomic E-state index is 14.7. The molecule has 8 heteroatoms. The highest BCUT2D eigenvalue weighted by atomic mass is 16.5. The Balaban J connectivity index is 1.30. The lowest BCUT2D eigenvalue weighted by Crippen LogP contribution is -2.66. The minimum Gasteiger partial charge on any atom is -0.481 e. The maximum absolute atomic E-state index is 14.7. The van der Waals surface area contributed by atoms with Gasteiger partial charge in [0.15, 0.2) is 5.78 Å². The lowest BCUT2D eigenvalue weighted by molar-refractivity contribution is -0.233. The third-order valence-corrected chi connectivity index (χ3v) is 15.7. The van der Waals surface area contributed by atoms with Crippen LogP contribution in [0.15, 0.2) is 35.7 Å². The number of ketones is 1. The van der Waals surface area contributed by atoms with E-state index in [9.17, 15) is 24.3 Å². The molecule has 6 rings (SSSR count). The molecular weight excluding hydrogens is 640 g/mol. The first-order chi connectivity index (χ1) is 23.7. The smallest absolute Gasteiger partial charge is 0.309 e. The molecule has 1 heterocycles. The summed E-state index contributed by atoms with van der Waals surface area (Å²) in [4.78, 5) is 59.6. The molecule has 0 spiro atoms. The zero-order valence-corrected chi connectivity index (χ0v) is 32.9. The van der Waals surface area contributed by atoms with Gasteiger partial charge in [0.05, 0.1) is 17.3 Å². The summed E-state index contributed by atoms with van der Waals surface area (Å²) in [6, 6.07) is 3.90. The molecule has 0 radical (unpaired) electrons. The van der Waals surface area contributed by atoms with Gasteiger partial charge < -0.3 is 14.7 Å². The molecule has 0 saturated heterocycles. The van der Waals surface area contributed by atoms with Crippen LogP contribution in [0.1, 0.15) is 132 Å². The van der Waals surface area contributed by atoms with Gasteiger partial charge >= 0.3 is 11.9 Å². The number of amides is 1. The van der Waals surface area contributed by atoms with Gasteiger partial charge in [0.2, 0.25) is 5.91 Å². The third kappa shape index (κ3) is 5.62. The Bertz CT molecular complexity index is 1630. The number of Topliss-reactive ketones (excluding diaryl/α,β-unsaturated/α-hetero) is 1. The predicted molar refractivity (Wildman–Crippen MR) is 196 cm³/mol. The molecule has 8 nitrogen and oxygen atoms in total. The molecule has 1 N–H and O–H groups in total. The van der Waals surface area contributed by atoms with Crippen LogP contribution < -0.4 is 0 Å². The van der Waals surface area contributed by atoms with E-state index in [0.717, 1.165) is 56.1 Å². The number of ether oxygens (including phenoxy) is 1. The van der Waals surface area contributed by atoms with Crippen LogP contribution in [-0.4, -0.2) is 51.8 Å². The van der Waals surface area contributed by atoms with Crippen molar-refractivity contribution < 1.29 is 29.0 Å². The van der Waals surface area contributed by atoms with E-state index < -0.39 is 22.8 Å². The molecule has 4 fully saturated rings. The molecule has 0 aliphatic heterocycles. The minimum atomic E-state index is -1.17. The topological polar surface area (TPSA) is 114 Å². The van der Waals surface area contributed by atoms with E-state index in [-0.39, 0.29) is 57.7 Å². The fourth-order valence-corrected chi connectivity index (χ4v) is 12.9. The fourth-order valence-electron chi connectivity index (χ4n) is 12.9. The van der Waals surface area contributed by atoms with Crippen LogP contribution in [0.5, 0.6) is 0 Å². The number of aliphatic carboxylic acids is 1. The average molecular weight is 703 g/mol. The van der Waals surface area contributed by atoms with Gasteiger partial charge in [-0.3, -0.25) is 24.2 Å². The van der Waals surface area contributed by atoms with Crippen LogP contribution >= 0.6 is 0 Å². The van der Waals surface area contributed by atoms with Crippen LogP contribution in [0.25, 0.3) is 0 Å². The zero-order chi connectivity index (χ0) is 37.5. The van der Waals surface area contributed by atoms with E-state index >= 15 is 0 Å². The summed E-state index contributed by atoms with van der Waals surface area (Å²) in [7, 11) is 1.89. The SMILES string of the molecule is CC(C)C1=C2[C@H]3CC[C@@H]4[C@@]5(C)CC[C@H](OC(=O)CC(C)(C)C(=O)O)C(C)(C)[C@@H]5CC[C@@]4(C)[C@]3(C)CC[C@@]2(C(=O)N(C)Cc2ccncc2)CC1=O. The zero-order valence-electron chi connectivity index (χ0n) is 32.9. The normalized spacial score (nSPS) is 37.2. The van der Waals surface area contributed by atoms with Crippen molar-refractivity contribution in [3.05, 3.63) is 41.2 Å². The number of rotatable bonds is 8. The molecule has 0 aromatic carbocycles. The second-order valence-electron chi connectivity index (χ2n) is 19.5. The summed E-state index contributed by atoms with van der Waals surface area (Å²) >= 11 is 0. The maximum Gasteiger partial charge on any atom is 0.309 e. The van der Waals surface area contributed by atoms with E-state index in [0.29, 0.717) is 31.2 Å². The van der Waals surface area contributed by atoms with E-state index in [1.807, 2.05) is 24.1 Å². The number of carboxylic acid groups (broad SMARTS) is 1. The van der Waals surface area contributed by atoms with Gasteiger partial charge in [-0.05, 0) is 134 Å². The van der Waals surface area contributed by atoms with E-state index in [2.05, 4.69) is 53.5 Å². The first-order valence-electron chi connectivity index (χ1n) is 19.5. The van der Waals surface area contributed by atoms with Crippen LogP contribution in [-0.2, 0) is 30.5 Å². The van der Waals surface area contributed by atoms with Gasteiger partial charge in [-0.25, -0.2) is 0 Å². The Morgan fingerprint density at radius 3 is 2.24 bits per heavy atom. The molecule has 5 aliphatic rings. The van der Waals surface area contributed by atoms with Crippen molar-refractivity contribution in [1.82, 2.24) is 9.88 Å². The second kappa shape index (κ2) is 12.5. The third-order valence-electron chi connectivity index (χ3n) is 15.7. The summed E-state index contributed by atoms with van der Waals surface area (Å²) in [5.74, 6) is -0.110. The molecule has 51 heavy (non-hydrogen) atoms. The van der Waals surface area contributed by atoms with Crippen molar-refractivity contribution >= 4 is 23.6 Å². The van der Waals surface area contributed by atoms with Crippen molar-refractivity contribution in [1.29, 1.82) is 0 Å². The molecule has 8 atom stereocenters. The Hall–Kier alpha value is -3.03. The summed E-state index contributed by atoms with van der Waals surface area (Å²) < 4.78 is 6.16. The highest BCUT2D eigenvalue weighted by molar-refractivity contribution is 6.06. The average Bonchev–Trinajstić information content (AvgIpc) is 3.35. The number of carbonyl (C=O) groups excluding carboxylic acids is 3. The van der Waals surface area contributed by atoms with Gasteiger partial charge in [0.25, 0.3) is 0 Å². The van der Waals surface area contributed by atoms with E-state index in [1.165, 1.54) is 5.57 Å². The number of esters is 1. The molecule has 1 amide bonds. The van der Waals surface area contributed by atoms with Gasteiger partial charge in [0.1, 0.15) is 6.10 Å². The van der Waals surface area contributed by atoms with E-state index in [4.69, 9.17) is 4.74 Å². The highest BCUT2D eigenvalue weighted by Crippen LogP contribution is 2.77. The quantitative estimate of drug-likeness (QED) is 0.271. The van der Waals surface area contributed by atoms with Gasteiger partial charge in [-0.2, -0.15) is 0 Å². The Labute approximate surface area is 305 Å². The van der Waals surface area contributed by atoms with Crippen LogP contribution in [0.4, 0.5) is 0 Å². The Morgan fingerprint density at radius 1 is 0.941 bits per heavy atom. The molecule has 280 valence electrons. The number of allylic oxidation sites excluding steroid dienone is 1. The number of fused-ring (bicyclic) bond motifs is 7. The molecule has 1 aromatic heterocycles. The minimum absolute atomic E-state index is 0.0190. The lowest BCUT2D eigenvalue weighted by atomic mass is 9.33.